The van der Waals surface area contributed by atoms with Gasteiger partial charge in [0.25, 0.3) is 5.91 Å². The predicted molar refractivity (Wildman–Crippen MR) is 139 cm³/mol. The number of carbonyl (C=O) groups excluding carboxylic acids is 2. The van der Waals surface area contributed by atoms with Gasteiger partial charge in [-0.3, -0.25) is 9.59 Å². The van der Waals surface area contributed by atoms with E-state index in [0.717, 1.165) is 31.7 Å². The van der Waals surface area contributed by atoms with E-state index in [2.05, 4.69) is 37.2 Å². The number of fused-ring (bicyclic) bond motifs is 1. The number of nitrogens with zero attached hydrogens (tertiary/aromatic N) is 1. The van der Waals surface area contributed by atoms with Gasteiger partial charge in [0, 0.05) is 17.1 Å². The van der Waals surface area contributed by atoms with Crippen LogP contribution in [0.15, 0.2) is 69.6 Å². The van der Waals surface area contributed by atoms with Crippen LogP contribution in [0.3, 0.4) is 0 Å². The number of benzene rings is 3. The molecule has 0 fully saturated rings. The van der Waals surface area contributed by atoms with E-state index >= 15 is 0 Å². The first kappa shape index (κ1) is 25.2. The summed E-state index contributed by atoms with van der Waals surface area (Å²) in [6, 6.07) is 18.9. The van der Waals surface area contributed by atoms with Crippen molar-refractivity contribution >= 4 is 54.4 Å². The maximum absolute atomic E-state index is 13.3. The molecule has 33 heavy (non-hydrogen) atoms. The number of ether oxygens (including phenoxy) is 1. The molecular formula is C26H28Br2N2O3. The highest BCUT2D eigenvalue weighted by molar-refractivity contribution is 9.11. The van der Waals surface area contributed by atoms with Crippen LogP contribution in [0, 0.1) is 0 Å². The SMILES string of the molecule is CC[C@@H](C)NC(=O)[C@@H](C)N(Cc1cccc(Br)c1)C(=O)COc1ccc2ccccc2c1Br. The lowest BCUT2D eigenvalue weighted by atomic mass is 10.1. The van der Waals surface area contributed by atoms with Gasteiger partial charge in [0.05, 0.1) is 4.47 Å². The summed E-state index contributed by atoms with van der Waals surface area (Å²) in [7, 11) is 0. The Morgan fingerprint density at radius 3 is 2.52 bits per heavy atom. The molecule has 3 aromatic rings. The topological polar surface area (TPSA) is 58.6 Å². The van der Waals surface area contributed by atoms with Crippen molar-refractivity contribution in [3.05, 3.63) is 75.2 Å². The van der Waals surface area contributed by atoms with Gasteiger partial charge in [-0.2, -0.15) is 0 Å². The molecule has 1 N–H and O–H groups in total. The molecule has 0 bridgehead atoms. The fraction of sp³-hybridized carbons (Fsp3) is 0.308. The van der Waals surface area contributed by atoms with Gasteiger partial charge in [0.15, 0.2) is 6.61 Å². The maximum atomic E-state index is 13.3. The van der Waals surface area contributed by atoms with Crippen molar-refractivity contribution < 1.29 is 14.3 Å². The molecule has 0 heterocycles. The molecular weight excluding hydrogens is 548 g/mol. The van der Waals surface area contributed by atoms with E-state index in [9.17, 15) is 9.59 Å². The lowest BCUT2D eigenvalue weighted by molar-refractivity contribution is -0.142. The minimum absolute atomic E-state index is 0.0348. The van der Waals surface area contributed by atoms with Crippen molar-refractivity contribution in [1.82, 2.24) is 10.2 Å². The van der Waals surface area contributed by atoms with E-state index in [0.29, 0.717) is 12.3 Å². The minimum Gasteiger partial charge on any atom is -0.483 e. The Kier molecular flexibility index (Phi) is 8.92. The molecule has 0 saturated heterocycles. The number of amides is 2. The monoisotopic (exact) mass is 574 g/mol. The molecule has 0 aromatic heterocycles. The Bertz CT molecular complexity index is 1140. The van der Waals surface area contributed by atoms with Gasteiger partial charge in [-0.05, 0) is 70.7 Å². The fourth-order valence-electron chi connectivity index (χ4n) is 3.43. The molecule has 7 heteroatoms. The standard InChI is InChI=1S/C26H28Br2N2O3/c1-4-17(2)29-26(32)18(3)30(15-19-8-7-10-21(27)14-19)24(31)16-33-23-13-12-20-9-5-6-11-22(20)25(23)28/h5-14,17-18H,4,15-16H2,1-3H3,(H,29,32)/t17-,18-/m1/s1. The van der Waals surface area contributed by atoms with Gasteiger partial charge in [-0.15, -0.1) is 0 Å². The molecule has 0 aliphatic rings. The quantitative estimate of drug-likeness (QED) is 0.336. The van der Waals surface area contributed by atoms with Crippen molar-refractivity contribution in [2.24, 2.45) is 0 Å². The van der Waals surface area contributed by atoms with Crippen LogP contribution >= 0.6 is 31.9 Å². The highest BCUT2D eigenvalue weighted by Gasteiger charge is 2.27. The lowest BCUT2D eigenvalue weighted by Gasteiger charge is -2.29. The largest absolute Gasteiger partial charge is 0.483 e. The van der Waals surface area contributed by atoms with Gasteiger partial charge in [0.1, 0.15) is 11.8 Å². The van der Waals surface area contributed by atoms with Gasteiger partial charge < -0.3 is 15.0 Å². The second kappa shape index (κ2) is 11.7. The van der Waals surface area contributed by atoms with Crippen molar-refractivity contribution in [2.75, 3.05) is 6.61 Å². The van der Waals surface area contributed by atoms with E-state index in [1.807, 2.05) is 74.5 Å². The average molecular weight is 576 g/mol. The smallest absolute Gasteiger partial charge is 0.261 e. The molecule has 0 saturated carbocycles. The summed E-state index contributed by atoms with van der Waals surface area (Å²) in [4.78, 5) is 27.7. The highest BCUT2D eigenvalue weighted by atomic mass is 79.9. The van der Waals surface area contributed by atoms with E-state index in [4.69, 9.17) is 4.74 Å². The van der Waals surface area contributed by atoms with E-state index in [1.54, 1.807) is 11.8 Å². The van der Waals surface area contributed by atoms with Crippen molar-refractivity contribution in [2.45, 2.75) is 45.8 Å². The normalized spacial score (nSPS) is 12.8. The van der Waals surface area contributed by atoms with Crippen LogP contribution < -0.4 is 10.1 Å². The van der Waals surface area contributed by atoms with Gasteiger partial charge in [-0.1, -0.05) is 65.3 Å². The minimum atomic E-state index is -0.644. The lowest BCUT2D eigenvalue weighted by Crippen LogP contribution is -2.50. The first-order valence-electron chi connectivity index (χ1n) is 10.9. The van der Waals surface area contributed by atoms with E-state index < -0.39 is 6.04 Å². The maximum Gasteiger partial charge on any atom is 0.261 e. The molecule has 0 aliphatic heterocycles. The molecule has 5 nitrogen and oxygen atoms in total. The average Bonchev–Trinajstić information content (AvgIpc) is 2.81. The number of carbonyl (C=O) groups is 2. The van der Waals surface area contributed by atoms with Gasteiger partial charge in [0.2, 0.25) is 5.91 Å². The van der Waals surface area contributed by atoms with Crippen LogP contribution in [0.5, 0.6) is 5.75 Å². The van der Waals surface area contributed by atoms with Crippen LogP contribution in [-0.4, -0.2) is 35.4 Å². The van der Waals surface area contributed by atoms with Crippen LogP contribution in [0.4, 0.5) is 0 Å². The fourth-order valence-corrected chi connectivity index (χ4v) is 4.48. The van der Waals surface area contributed by atoms with Crippen LogP contribution in [-0.2, 0) is 16.1 Å². The second-order valence-corrected chi connectivity index (χ2v) is 9.74. The molecule has 174 valence electrons. The number of nitrogens with one attached hydrogen (secondary N) is 1. The Labute approximate surface area is 211 Å². The Hall–Kier alpha value is -2.38. The van der Waals surface area contributed by atoms with Crippen molar-refractivity contribution in [3.63, 3.8) is 0 Å². The predicted octanol–water partition coefficient (Wildman–Crippen LogP) is 6.08. The first-order chi connectivity index (χ1) is 15.8. The van der Waals surface area contributed by atoms with E-state index in [1.165, 1.54) is 0 Å². The first-order valence-corrected chi connectivity index (χ1v) is 12.5. The van der Waals surface area contributed by atoms with Crippen LogP contribution in [0.1, 0.15) is 32.8 Å². The summed E-state index contributed by atoms with van der Waals surface area (Å²) in [6.45, 7) is 5.84. The molecule has 0 unspecified atom stereocenters. The summed E-state index contributed by atoms with van der Waals surface area (Å²) in [5, 5.41) is 5.06. The highest BCUT2D eigenvalue weighted by Crippen LogP contribution is 2.33. The molecule has 3 rings (SSSR count). The number of rotatable bonds is 9. The van der Waals surface area contributed by atoms with Gasteiger partial charge in [-0.25, -0.2) is 0 Å². The third-order valence-electron chi connectivity index (χ3n) is 5.59. The summed E-state index contributed by atoms with van der Waals surface area (Å²) in [5.41, 5.74) is 0.924. The summed E-state index contributed by atoms with van der Waals surface area (Å²) >= 11 is 7.07. The van der Waals surface area contributed by atoms with Crippen molar-refractivity contribution in [3.8, 4) is 5.75 Å². The molecule has 2 atom stereocenters. The molecule has 0 spiro atoms. The third-order valence-corrected chi connectivity index (χ3v) is 6.90. The summed E-state index contributed by atoms with van der Waals surface area (Å²) in [5.74, 6) is 0.141. The molecule has 3 aromatic carbocycles. The molecule has 2 amide bonds. The summed E-state index contributed by atoms with van der Waals surface area (Å²) in [6.07, 6.45) is 0.817. The zero-order valence-corrected chi connectivity index (χ0v) is 22.1. The second-order valence-electron chi connectivity index (χ2n) is 8.03. The Balaban J connectivity index is 1.79. The number of hydrogen-bond donors (Lipinski definition) is 1. The Morgan fingerprint density at radius 2 is 1.79 bits per heavy atom. The Morgan fingerprint density at radius 1 is 1.03 bits per heavy atom. The molecule has 0 aliphatic carbocycles. The summed E-state index contributed by atoms with van der Waals surface area (Å²) < 4.78 is 7.62. The van der Waals surface area contributed by atoms with Crippen LogP contribution in [0.25, 0.3) is 10.8 Å². The number of halogens is 2. The van der Waals surface area contributed by atoms with Crippen molar-refractivity contribution in [1.29, 1.82) is 0 Å². The molecule has 0 radical (unpaired) electrons. The van der Waals surface area contributed by atoms with E-state index in [-0.39, 0.29) is 24.5 Å². The zero-order valence-electron chi connectivity index (χ0n) is 19.0. The van der Waals surface area contributed by atoms with Crippen LogP contribution in [0.2, 0.25) is 0 Å². The zero-order chi connectivity index (χ0) is 24.0. The third kappa shape index (κ3) is 6.58. The van der Waals surface area contributed by atoms with Gasteiger partial charge >= 0.3 is 0 Å². The number of hydrogen-bond acceptors (Lipinski definition) is 3.